The first-order valence-electron chi connectivity index (χ1n) is 10.2. The minimum Gasteiger partial charge on any atom is -0.478 e. The van der Waals surface area contributed by atoms with E-state index in [-0.39, 0.29) is 17.5 Å². The molecule has 0 spiro atoms. The SMILES string of the molecule is Cc1cccc(C(=O)O)c1-c1cccc2cccc(OC(=O)C3C=CC(C)CC3)c12. The second kappa shape index (κ2) is 8.15. The van der Waals surface area contributed by atoms with Gasteiger partial charge in [-0.25, -0.2) is 4.79 Å². The normalized spacial score (nSPS) is 18.3. The van der Waals surface area contributed by atoms with Crippen LogP contribution < -0.4 is 4.74 Å². The number of carboxylic acids is 1. The first-order chi connectivity index (χ1) is 14.5. The van der Waals surface area contributed by atoms with Crippen LogP contribution in [0.4, 0.5) is 0 Å². The highest BCUT2D eigenvalue weighted by Gasteiger charge is 2.24. The Hall–Kier alpha value is -3.40. The van der Waals surface area contributed by atoms with Crippen LogP contribution in [0.1, 0.15) is 35.7 Å². The van der Waals surface area contributed by atoms with Crippen molar-refractivity contribution < 1.29 is 19.4 Å². The summed E-state index contributed by atoms with van der Waals surface area (Å²) in [4.78, 5) is 24.7. The molecule has 3 aromatic carbocycles. The summed E-state index contributed by atoms with van der Waals surface area (Å²) in [7, 11) is 0. The molecular weight excluding hydrogens is 376 g/mol. The topological polar surface area (TPSA) is 63.6 Å². The summed E-state index contributed by atoms with van der Waals surface area (Å²) >= 11 is 0. The van der Waals surface area contributed by atoms with Crippen molar-refractivity contribution >= 4 is 22.7 Å². The molecule has 4 nitrogen and oxygen atoms in total. The van der Waals surface area contributed by atoms with E-state index in [2.05, 4.69) is 13.0 Å². The van der Waals surface area contributed by atoms with E-state index >= 15 is 0 Å². The number of esters is 1. The van der Waals surface area contributed by atoms with Crippen LogP contribution in [0.3, 0.4) is 0 Å². The summed E-state index contributed by atoms with van der Waals surface area (Å²) < 4.78 is 5.87. The Morgan fingerprint density at radius 3 is 2.40 bits per heavy atom. The Balaban J connectivity index is 1.84. The van der Waals surface area contributed by atoms with Gasteiger partial charge in [0.1, 0.15) is 5.75 Å². The maximum atomic E-state index is 12.8. The van der Waals surface area contributed by atoms with Gasteiger partial charge in [0.05, 0.1) is 11.5 Å². The number of allylic oxidation sites excluding steroid dienone is 1. The average molecular weight is 400 g/mol. The third kappa shape index (κ3) is 3.73. The predicted molar refractivity (Wildman–Crippen MR) is 118 cm³/mol. The summed E-state index contributed by atoms with van der Waals surface area (Å²) in [6.07, 6.45) is 5.74. The minimum absolute atomic E-state index is 0.229. The number of benzene rings is 3. The molecule has 0 aromatic heterocycles. The average Bonchev–Trinajstić information content (AvgIpc) is 2.73. The van der Waals surface area contributed by atoms with Gasteiger partial charge in [0, 0.05) is 5.39 Å². The number of carbonyl (C=O) groups excluding carboxylic acids is 1. The molecule has 0 heterocycles. The zero-order valence-corrected chi connectivity index (χ0v) is 17.1. The van der Waals surface area contributed by atoms with Crippen molar-refractivity contribution in [2.24, 2.45) is 11.8 Å². The Morgan fingerprint density at radius 2 is 1.70 bits per heavy atom. The smallest absolute Gasteiger partial charge is 0.336 e. The third-order valence-corrected chi connectivity index (χ3v) is 5.76. The number of rotatable bonds is 4. The van der Waals surface area contributed by atoms with E-state index in [1.807, 2.05) is 49.4 Å². The third-order valence-electron chi connectivity index (χ3n) is 5.76. The fraction of sp³-hybridized carbons (Fsp3) is 0.231. The van der Waals surface area contributed by atoms with E-state index in [4.69, 9.17) is 4.74 Å². The molecule has 0 radical (unpaired) electrons. The molecule has 30 heavy (non-hydrogen) atoms. The molecule has 0 saturated carbocycles. The van der Waals surface area contributed by atoms with Crippen molar-refractivity contribution in [3.05, 3.63) is 77.9 Å². The summed E-state index contributed by atoms with van der Waals surface area (Å²) in [5.41, 5.74) is 2.48. The first-order valence-corrected chi connectivity index (χ1v) is 10.2. The van der Waals surface area contributed by atoms with Crippen LogP contribution in [0, 0.1) is 18.8 Å². The molecule has 1 N–H and O–H groups in total. The van der Waals surface area contributed by atoms with Gasteiger partial charge in [-0.2, -0.15) is 0 Å². The van der Waals surface area contributed by atoms with Gasteiger partial charge >= 0.3 is 11.9 Å². The monoisotopic (exact) mass is 400 g/mol. The number of aryl methyl sites for hydroxylation is 1. The summed E-state index contributed by atoms with van der Waals surface area (Å²) in [5, 5.41) is 11.4. The Morgan fingerprint density at radius 1 is 0.967 bits per heavy atom. The van der Waals surface area contributed by atoms with Gasteiger partial charge < -0.3 is 9.84 Å². The quantitative estimate of drug-likeness (QED) is 0.330. The van der Waals surface area contributed by atoms with Gasteiger partial charge in [0.25, 0.3) is 0 Å². The number of fused-ring (bicyclic) bond motifs is 1. The molecule has 0 fully saturated rings. The lowest BCUT2D eigenvalue weighted by Gasteiger charge is -2.20. The summed E-state index contributed by atoms with van der Waals surface area (Å²) in [6.45, 7) is 4.03. The first kappa shape index (κ1) is 19.9. The van der Waals surface area contributed by atoms with Crippen molar-refractivity contribution in [1.29, 1.82) is 0 Å². The zero-order valence-electron chi connectivity index (χ0n) is 17.1. The van der Waals surface area contributed by atoms with Crippen molar-refractivity contribution in [3.8, 4) is 16.9 Å². The minimum atomic E-state index is -0.985. The van der Waals surface area contributed by atoms with E-state index in [0.717, 1.165) is 34.7 Å². The van der Waals surface area contributed by atoms with Gasteiger partial charge in [0.2, 0.25) is 0 Å². The Labute approximate surface area is 175 Å². The van der Waals surface area contributed by atoms with Crippen LogP contribution in [-0.2, 0) is 4.79 Å². The largest absolute Gasteiger partial charge is 0.478 e. The van der Waals surface area contributed by atoms with E-state index in [1.54, 1.807) is 18.2 Å². The number of ether oxygens (including phenoxy) is 1. The van der Waals surface area contributed by atoms with Crippen molar-refractivity contribution in [2.45, 2.75) is 26.7 Å². The molecule has 4 heteroatoms. The molecule has 0 aliphatic heterocycles. The molecule has 1 aliphatic rings. The summed E-state index contributed by atoms with van der Waals surface area (Å²) in [5.74, 6) is -0.574. The van der Waals surface area contributed by atoms with E-state index in [1.165, 1.54) is 0 Å². The molecule has 1 aliphatic carbocycles. The molecule has 2 unspecified atom stereocenters. The van der Waals surface area contributed by atoms with Crippen molar-refractivity contribution in [2.75, 3.05) is 0 Å². The van der Waals surface area contributed by atoms with Gasteiger partial charge in [-0.3, -0.25) is 4.79 Å². The fourth-order valence-corrected chi connectivity index (χ4v) is 4.14. The maximum Gasteiger partial charge on any atom is 0.336 e. The second-order valence-electron chi connectivity index (χ2n) is 7.93. The highest BCUT2D eigenvalue weighted by molar-refractivity contribution is 6.07. The number of hydrogen-bond donors (Lipinski definition) is 1. The molecule has 3 aromatic rings. The molecule has 0 saturated heterocycles. The Kier molecular flexibility index (Phi) is 5.40. The number of hydrogen-bond acceptors (Lipinski definition) is 3. The lowest BCUT2D eigenvalue weighted by molar-refractivity contribution is -0.137. The van der Waals surface area contributed by atoms with E-state index in [0.29, 0.717) is 17.2 Å². The van der Waals surface area contributed by atoms with Gasteiger partial charge in [0.15, 0.2) is 0 Å². The van der Waals surface area contributed by atoms with Crippen molar-refractivity contribution in [1.82, 2.24) is 0 Å². The lowest BCUT2D eigenvalue weighted by atomic mass is 9.89. The van der Waals surface area contributed by atoms with Crippen LogP contribution in [0.25, 0.3) is 21.9 Å². The highest BCUT2D eigenvalue weighted by atomic mass is 16.5. The molecule has 4 rings (SSSR count). The van der Waals surface area contributed by atoms with E-state index in [9.17, 15) is 14.7 Å². The standard InChI is InChI=1S/C26H24O4/c1-16-12-14-19(15-13-16)26(29)30-22-11-5-8-18-7-4-9-20(24(18)22)23-17(2)6-3-10-21(23)25(27)28/h3-12,14,16,19H,13,15H2,1-2H3,(H,27,28). The zero-order chi connectivity index (χ0) is 21.3. The summed E-state index contributed by atoms with van der Waals surface area (Å²) in [6, 6.07) is 16.5. The fourth-order valence-electron chi connectivity index (χ4n) is 4.14. The van der Waals surface area contributed by atoms with Crippen LogP contribution in [0.2, 0.25) is 0 Å². The molecule has 0 bridgehead atoms. The van der Waals surface area contributed by atoms with Gasteiger partial charge in [-0.05, 0) is 59.9 Å². The highest BCUT2D eigenvalue weighted by Crippen LogP contribution is 2.39. The molecule has 2 atom stereocenters. The maximum absolute atomic E-state index is 12.8. The Bertz CT molecular complexity index is 1150. The molecular formula is C26H24O4. The van der Waals surface area contributed by atoms with Gasteiger partial charge in [-0.15, -0.1) is 0 Å². The number of carboxylic acid groups (broad SMARTS) is 1. The van der Waals surface area contributed by atoms with Crippen LogP contribution in [-0.4, -0.2) is 17.0 Å². The van der Waals surface area contributed by atoms with Crippen LogP contribution >= 0.6 is 0 Å². The van der Waals surface area contributed by atoms with Crippen LogP contribution in [0.5, 0.6) is 5.75 Å². The molecule has 0 amide bonds. The lowest BCUT2D eigenvalue weighted by Crippen LogP contribution is -2.21. The second-order valence-corrected chi connectivity index (χ2v) is 7.93. The predicted octanol–water partition coefficient (Wildman–Crippen LogP) is 6.02. The van der Waals surface area contributed by atoms with Crippen molar-refractivity contribution in [3.63, 3.8) is 0 Å². The van der Waals surface area contributed by atoms with E-state index < -0.39 is 5.97 Å². The number of aromatic carboxylic acids is 1. The van der Waals surface area contributed by atoms with Gasteiger partial charge in [-0.1, -0.05) is 61.5 Å². The number of carbonyl (C=O) groups is 2. The van der Waals surface area contributed by atoms with Crippen LogP contribution in [0.15, 0.2) is 66.7 Å². The molecule has 152 valence electrons.